The summed E-state index contributed by atoms with van der Waals surface area (Å²) in [6.07, 6.45) is 26.1. The second-order valence-corrected chi connectivity index (χ2v) is 8.03. The van der Waals surface area contributed by atoms with E-state index in [-0.39, 0.29) is 29.6 Å². The van der Waals surface area contributed by atoms with Crippen LogP contribution >= 0.6 is 0 Å². The minimum atomic E-state index is -0.833. The molecule has 0 spiro atoms. The Labute approximate surface area is 202 Å². The van der Waals surface area contributed by atoms with E-state index in [1.807, 2.05) is 0 Å². The Morgan fingerprint density at radius 1 is 0.517 bits per heavy atom. The summed E-state index contributed by atoms with van der Waals surface area (Å²) in [7, 11) is 0. The molecule has 0 saturated heterocycles. The van der Waals surface area contributed by atoms with Crippen LogP contribution < -0.4 is 0 Å². The van der Waals surface area contributed by atoms with Crippen molar-refractivity contribution in [2.45, 2.75) is 142 Å². The predicted molar refractivity (Wildman–Crippen MR) is 126 cm³/mol. The molecule has 0 aromatic heterocycles. The van der Waals surface area contributed by atoms with Gasteiger partial charge in [0.05, 0.1) is 0 Å². The van der Waals surface area contributed by atoms with Gasteiger partial charge in [-0.2, -0.15) is 0 Å². The first-order valence-electron chi connectivity index (χ1n) is 11.9. The van der Waals surface area contributed by atoms with Crippen LogP contribution in [0, 0.1) is 0 Å². The molecular formula is C24H49NaO4. The van der Waals surface area contributed by atoms with E-state index in [1.165, 1.54) is 109 Å². The van der Waals surface area contributed by atoms with E-state index in [1.54, 1.807) is 0 Å². The van der Waals surface area contributed by atoms with Crippen molar-refractivity contribution < 1.29 is 19.8 Å². The minimum absolute atomic E-state index is 0. The van der Waals surface area contributed by atoms with Gasteiger partial charge in [-0.1, -0.05) is 122 Å². The molecule has 0 saturated carbocycles. The van der Waals surface area contributed by atoms with Crippen LogP contribution in [0.25, 0.3) is 0 Å². The van der Waals surface area contributed by atoms with Crippen molar-refractivity contribution in [2.75, 3.05) is 0 Å². The van der Waals surface area contributed by atoms with Gasteiger partial charge in [0.25, 0.3) is 5.97 Å². The zero-order valence-electron chi connectivity index (χ0n) is 18.9. The topological polar surface area (TPSA) is 74.6 Å². The number of carbonyl (C=O) groups is 2. The van der Waals surface area contributed by atoms with Crippen LogP contribution in [0.2, 0.25) is 0 Å². The molecule has 0 amide bonds. The molecule has 0 fully saturated rings. The monoisotopic (exact) mass is 424 g/mol. The fourth-order valence-corrected chi connectivity index (χ4v) is 3.35. The van der Waals surface area contributed by atoms with E-state index < -0.39 is 11.9 Å². The second-order valence-electron chi connectivity index (χ2n) is 8.03. The Morgan fingerprint density at radius 2 is 0.724 bits per heavy atom. The van der Waals surface area contributed by atoms with Crippen molar-refractivity contribution in [1.29, 1.82) is 0 Å². The van der Waals surface area contributed by atoms with E-state index in [2.05, 4.69) is 6.92 Å². The van der Waals surface area contributed by atoms with Crippen LogP contribution in [0.3, 0.4) is 0 Å². The Morgan fingerprint density at radius 3 is 0.931 bits per heavy atom. The van der Waals surface area contributed by atoms with Gasteiger partial charge in [-0.05, 0) is 6.42 Å². The van der Waals surface area contributed by atoms with Crippen LogP contribution in [0.5, 0.6) is 0 Å². The first-order chi connectivity index (χ1) is 13.5. The van der Waals surface area contributed by atoms with Crippen LogP contribution in [0.15, 0.2) is 0 Å². The van der Waals surface area contributed by atoms with Crippen LogP contribution in [0.4, 0.5) is 0 Å². The normalized spacial score (nSPS) is 10.0. The van der Waals surface area contributed by atoms with Crippen molar-refractivity contribution in [3.63, 3.8) is 0 Å². The average Bonchev–Trinajstić information content (AvgIpc) is 2.63. The van der Waals surface area contributed by atoms with E-state index in [0.717, 1.165) is 19.8 Å². The molecule has 0 radical (unpaired) electrons. The van der Waals surface area contributed by atoms with E-state index in [9.17, 15) is 4.79 Å². The number of unbranched alkanes of at least 4 members (excludes halogenated alkanes) is 18. The molecule has 0 bridgehead atoms. The van der Waals surface area contributed by atoms with Crippen LogP contribution in [0.1, 0.15) is 142 Å². The molecule has 5 heteroatoms. The average molecular weight is 425 g/mol. The summed E-state index contributed by atoms with van der Waals surface area (Å²) in [6.45, 7) is 3.37. The first kappa shape index (κ1) is 33.6. The zero-order valence-corrected chi connectivity index (χ0v) is 18.9. The molecule has 0 aliphatic rings. The van der Waals surface area contributed by atoms with Crippen molar-refractivity contribution in [1.82, 2.24) is 0 Å². The molecule has 170 valence electrons. The maximum atomic E-state index is 10.4. The molecule has 0 heterocycles. The number of rotatable bonds is 20. The predicted octanol–water partition coefficient (Wildman–Crippen LogP) is 7.34. The van der Waals surface area contributed by atoms with Crippen molar-refractivity contribution in [3.8, 4) is 0 Å². The van der Waals surface area contributed by atoms with Crippen molar-refractivity contribution in [2.24, 2.45) is 0 Å². The Bertz CT molecular complexity index is 331. The fraction of sp³-hybridized carbons (Fsp3) is 0.917. The van der Waals surface area contributed by atoms with Gasteiger partial charge in [-0.3, -0.25) is 9.59 Å². The molecule has 0 atom stereocenters. The Hall–Kier alpha value is -0.0600. The maximum absolute atomic E-state index is 10.4. The summed E-state index contributed by atoms with van der Waals surface area (Å²) >= 11 is 0. The second kappa shape index (κ2) is 30.1. The molecule has 0 rings (SSSR count). The van der Waals surface area contributed by atoms with Gasteiger partial charge in [0.15, 0.2) is 0 Å². The van der Waals surface area contributed by atoms with Gasteiger partial charge in [-0.15, -0.1) is 0 Å². The van der Waals surface area contributed by atoms with Gasteiger partial charge in [0.2, 0.25) is 0 Å². The van der Waals surface area contributed by atoms with Crippen molar-refractivity contribution >= 4 is 41.5 Å². The number of aliphatic carboxylic acids is 2. The third-order valence-corrected chi connectivity index (χ3v) is 4.99. The van der Waals surface area contributed by atoms with E-state index in [0.29, 0.717) is 6.42 Å². The summed E-state index contributed by atoms with van der Waals surface area (Å²) in [5.41, 5.74) is 0. The summed E-state index contributed by atoms with van der Waals surface area (Å²) in [4.78, 5) is 19.4. The van der Waals surface area contributed by atoms with Crippen LogP contribution in [-0.4, -0.2) is 51.7 Å². The first-order valence-corrected chi connectivity index (χ1v) is 11.9. The Balaban J connectivity index is -0.00000123. The van der Waals surface area contributed by atoms with Gasteiger partial charge < -0.3 is 10.2 Å². The molecule has 29 heavy (non-hydrogen) atoms. The summed E-state index contributed by atoms with van der Waals surface area (Å²) in [5.74, 6) is -1.48. The fourth-order valence-electron chi connectivity index (χ4n) is 3.35. The van der Waals surface area contributed by atoms with E-state index in [4.69, 9.17) is 15.0 Å². The third-order valence-electron chi connectivity index (χ3n) is 4.99. The summed E-state index contributed by atoms with van der Waals surface area (Å²) in [5, 5.41) is 16.0. The molecule has 0 aliphatic carbocycles. The molecule has 0 aromatic rings. The number of carboxylic acids is 2. The third kappa shape index (κ3) is 42.9. The number of carboxylic acid groups (broad SMARTS) is 2. The van der Waals surface area contributed by atoms with Crippen molar-refractivity contribution in [3.05, 3.63) is 0 Å². The molecule has 4 nitrogen and oxygen atoms in total. The number of hydrogen-bond donors (Lipinski definition) is 2. The summed E-state index contributed by atoms with van der Waals surface area (Å²) in [6, 6.07) is 0. The summed E-state index contributed by atoms with van der Waals surface area (Å²) < 4.78 is 0. The Kier molecular flexibility index (Phi) is 34.9. The zero-order chi connectivity index (χ0) is 21.3. The van der Waals surface area contributed by atoms with Gasteiger partial charge >= 0.3 is 35.5 Å². The molecular weight excluding hydrogens is 375 g/mol. The standard InChI is InChI=1S/C22H44O2.C2H4O2.Na.H/c1-2-3-4-5-6-7-8-9-10-11-12-13-14-15-16-17-18-19-20-21-22(23)24;1-2(3)4;;/h2-21H2,1H3,(H,23,24);1H3,(H,3,4);;. The SMILES string of the molecule is CC(=O)O.CCCCCCCCCCCCCCCCCCCCCC(=O)O.[NaH]. The molecule has 0 aromatic carbocycles. The van der Waals surface area contributed by atoms with Crippen LogP contribution in [-0.2, 0) is 9.59 Å². The quantitative estimate of drug-likeness (QED) is 0.158. The molecule has 2 N–H and O–H groups in total. The van der Waals surface area contributed by atoms with Gasteiger partial charge in [0.1, 0.15) is 0 Å². The van der Waals surface area contributed by atoms with E-state index >= 15 is 0 Å². The van der Waals surface area contributed by atoms with Gasteiger partial charge in [-0.25, -0.2) is 0 Å². The number of hydrogen-bond acceptors (Lipinski definition) is 2. The molecule has 0 aliphatic heterocycles. The van der Waals surface area contributed by atoms with Gasteiger partial charge in [0, 0.05) is 13.3 Å². The molecule has 0 unspecified atom stereocenters.